The number of benzene rings is 2. The van der Waals surface area contributed by atoms with Crippen molar-refractivity contribution in [2.75, 3.05) is 7.11 Å². The Kier molecular flexibility index (Phi) is 4.75. The first-order chi connectivity index (χ1) is 10.2. The molecule has 2 aromatic carbocycles. The monoisotopic (exact) mass is 330 g/mol. The van der Waals surface area contributed by atoms with Gasteiger partial charge in [-0.2, -0.15) is 13.2 Å². The summed E-state index contributed by atoms with van der Waals surface area (Å²) in [5.41, 5.74) is 0.397. The summed E-state index contributed by atoms with van der Waals surface area (Å²) in [6.07, 6.45) is -5.01. The quantitative estimate of drug-likeness (QED) is 0.826. The molecule has 0 aromatic heterocycles. The highest BCUT2D eigenvalue weighted by molar-refractivity contribution is 7.51. The Morgan fingerprint density at radius 3 is 2.32 bits per heavy atom. The Morgan fingerprint density at radius 1 is 1.14 bits per heavy atom. The van der Waals surface area contributed by atoms with Gasteiger partial charge in [0.15, 0.2) is 0 Å². The maximum Gasteiger partial charge on any atom is 0.416 e. The molecular formula is C15H14F3O3P. The van der Waals surface area contributed by atoms with Gasteiger partial charge in [-0.1, -0.05) is 36.4 Å². The van der Waals surface area contributed by atoms with Crippen LogP contribution in [-0.4, -0.2) is 12.0 Å². The van der Waals surface area contributed by atoms with E-state index in [4.69, 9.17) is 0 Å². The molecule has 3 nitrogen and oxygen atoms in total. The van der Waals surface area contributed by atoms with E-state index in [0.717, 1.165) is 19.2 Å². The minimum atomic E-state index is -4.52. The molecule has 2 aromatic rings. The minimum Gasteiger partial charge on any atom is -0.324 e. The smallest absolute Gasteiger partial charge is 0.324 e. The number of alkyl halides is 3. The molecule has 1 N–H and O–H groups in total. The lowest BCUT2D eigenvalue weighted by molar-refractivity contribution is -0.137. The third-order valence-electron chi connectivity index (χ3n) is 3.17. The van der Waals surface area contributed by atoms with Crippen LogP contribution >= 0.6 is 7.60 Å². The summed E-state index contributed by atoms with van der Waals surface area (Å²) in [6, 6.07) is 11.9. The maximum atomic E-state index is 12.9. The molecule has 118 valence electrons. The summed E-state index contributed by atoms with van der Waals surface area (Å²) in [7, 11) is -2.93. The van der Waals surface area contributed by atoms with Crippen LogP contribution in [0.25, 0.3) is 11.1 Å². The van der Waals surface area contributed by atoms with E-state index in [1.54, 1.807) is 30.3 Å². The van der Waals surface area contributed by atoms with Gasteiger partial charge in [-0.3, -0.25) is 4.57 Å². The van der Waals surface area contributed by atoms with Gasteiger partial charge in [-0.15, -0.1) is 0 Å². The van der Waals surface area contributed by atoms with Crippen LogP contribution < -0.4 is 0 Å². The van der Waals surface area contributed by atoms with E-state index in [0.29, 0.717) is 11.1 Å². The lowest BCUT2D eigenvalue weighted by Crippen LogP contribution is -2.06. The van der Waals surface area contributed by atoms with Crippen LogP contribution in [0.5, 0.6) is 0 Å². The molecule has 22 heavy (non-hydrogen) atoms. The standard InChI is InChI=1S/C15H14F3O3P/c1-21-22(19,20)10-12-9-13(15(16,17)18)7-8-14(12)11-5-3-2-4-6-11/h2-9H,10H2,1H3,(H,19,20). The SMILES string of the molecule is COP(=O)(O)Cc1cc(C(F)(F)F)ccc1-c1ccccc1. The lowest BCUT2D eigenvalue weighted by atomic mass is 9.98. The zero-order valence-corrected chi connectivity index (χ0v) is 12.6. The number of halogens is 3. The highest BCUT2D eigenvalue weighted by atomic mass is 31.2. The molecule has 0 aliphatic rings. The zero-order valence-electron chi connectivity index (χ0n) is 11.7. The fourth-order valence-corrected chi connectivity index (χ4v) is 2.90. The molecule has 7 heteroatoms. The van der Waals surface area contributed by atoms with Gasteiger partial charge in [0.25, 0.3) is 0 Å². The zero-order chi connectivity index (χ0) is 16.4. The van der Waals surface area contributed by atoms with Crippen molar-refractivity contribution < 1.29 is 27.2 Å². The number of hydrogen-bond acceptors (Lipinski definition) is 2. The highest BCUT2D eigenvalue weighted by Crippen LogP contribution is 2.47. The van der Waals surface area contributed by atoms with Gasteiger partial charge in [0.05, 0.1) is 11.7 Å². The molecule has 1 unspecified atom stereocenters. The summed E-state index contributed by atoms with van der Waals surface area (Å²) < 4.78 is 54.8. The summed E-state index contributed by atoms with van der Waals surface area (Å²) >= 11 is 0. The van der Waals surface area contributed by atoms with Crippen molar-refractivity contribution in [1.29, 1.82) is 0 Å². The Labute approximate surface area is 125 Å². The van der Waals surface area contributed by atoms with E-state index in [9.17, 15) is 22.6 Å². The first-order valence-corrected chi connectivity index (χ1v) is 8.12. The molecule has 0 aliphatic carbocycles. The Bertz CT molecular complexity index is 699. The molecule has 2 rings (SSSR count). The molecule has 0 aliphatic heterocycles. The molecular weight excluding hydrogens is 316 g/mol. The molecule has 0 spiro atoms. The summed E-state index contributed by atoms with van der Waals surface area (Å²) in [5, 5.41) is 0. The van der Waals surface area contributed by atoms with Crippen LogP contribution in [0.15, 0.2) is 48.5 Å². The fourth-order valence-electron chi connectivity index (χ4n) is 2.08. The minimum absolute atomic E-state index is 0.119. The molecule has 0 heterocycles. The van der Waals surface area contributed by atoms with Crippen LogP contribution in [0.1, 0.15) is 11.1 Å². The lowest BCUT2D eigenvalue weighted by Gasteiger charge is -2.16. The van der Waals surface area contributed by atoms with E-state index in [2.05, 4.69) is 4.52 Å². The predicted molar refractivity (Wildman–Crippen MR) is 77.4 cm³/mol. The third-order valence-corrected chi connectivity index (χ3v) is 4.48. The second kappa shape index (κ2) is 6.24. The van der Waals surface area contributed by atoms with Crippen molar-refractivity contribution in [3.8, 4) is 11.1 Å². The van der Waals surface area contributed by atoms with E-state index in [-0.39, 0.29) is 5.56 Å². The Hall–Kier alpha value is -1.62. The van der Waals surface area contributed by atoms with Gasteiger partial charge in [0.2, 0.25) is 0 Å². The number of rotatable bonds is 4. The average Bonchev–Trinajstić information content (AvgIpc) is 2.47. The van der Waals surface area contributed by atoms with Crippen molar-refractivity contribution >= 4 is 7.60 Å². The van der Waals surface area contributed by atoms with Crippen LogP contribution in [0.3, 0.4) is 0 Å². The largest absolute Gasteiger partial charge is 0.416 e. The Balaban J connectivity index is 2.56. The second-order valence-electron chi connectivity index (χ2n) is 4.71. The topological polar surface area (TPSA) is 46.5 Å². The Morgan fingerprint density at radius 2 is 1.77 bits per heavy atom. The molecule has 0 saturated carbocycles. The van der Waals surface area contributed by atoms with Crippen LogP contribution in [-0.2, 0) is 21.4 Å². The summed E-state index contributed by atoms with van der Waals surface area (Å²) in [5.74, 6) is 0. The fraction of sp³-hybridized carbons (Fsp3) is 0.200. The van der Waals surface area contributed by atoms with E-state index < -0.39 is 25.5 Å². The maximum absolute atomic E-state index is 12.9. The van der Waals surface area contributed by atoms with Gasteiger partial charge in [0.1, 0.15) is 0 Å². The van der Waals surface area contributed by atoms with Crippen molar-refractivity contribution in [1.82, 2.24) is 0 Å². The third kappa shape index (κ3) is 3.97. The van der Waals surface area contributed by atoms with Crippen molar-refractivity contribution in [2.45, 2.75) is 12.3 Å². The highest BCUT2D eigenvalue weighted by Gasteiger charge is 2.32. The molecule has 0 radical (unpaired) electrons. The van der Waals surface area contributed by atoms with Crippen molar-refractivity contribution in [2.24, 2.45) is 0 Å². The van der Waals surface area contributed by atoms with Gasteiger partial charge >= 0.3 is 13.8 Å². The molecule has 0 fully saturated rings. The first kappa shape index (κ1) is 16.7. The molecule has 0 saturated heterocycles. The van der Waals surface area contributed by atoms with Crippen molar-refractivity contribution in [3.05, 3.63) is 59.7 Å². The molecule has 0 amide bonds. The van der Waals surface area contributed by atoms with Crippen LogP contribution in [0, 0.1) is 0 Å². The van der Waals surface area contributed by atoms with E-state index >= 15 is 0 Å². The van der Waals surface area contributed by atoms with Gasteiger partial charge in [-0.25, -0.2) is 0 Å². The predicted octanol–water partition coefficient (Wildman–Crippen LogP) is 4.70. The second-order valence-corrected chi connectivity index (χ2v) is 6.67. The normalized spacial score (nSPS) is 14.6. The van der Waals surface area contributed by atoms with Gasteiger partial charge < -0.3 is 9.42 Å². The molecule has 1 atom stereocenters. The first-order valence-electron chi connectivity index (χ1n) is 6.36. The van der Waals surface area contributed by atoms with Crippen LogP contribution in [0.4, 0.5) is 13.2 Å². The average molecular weight is 330 g/mol. The van der Waals surface area contributed by atoms with Crippen molar-refractivity contribution in [3.63, 3.8) is 0 Å². The van der Waals surface area contributed by atoms with E-state index in [1.165, 1.54) is 6.07 Å². The van der Waals surface area contributed by atoms with E-state index in [1.807, 2.05) is 0 Å². The van der Waals surface area contributed by atoms with Gasteiger partial charge in [-0.05, 0) is 28.8 Å². The van der Waals surface area contributed by atoms with Crippen LogP contribution in [0.2, 0.25) is 0 Å². The number of hydrogen-bond donors (Lipinski definition) is 1. The summed E-state index contributed by atoms with van der Waals surface area (Å²) in [6.45, 7) is 0. The van der Waals surface area contributed by atoms with Gasteiger partial charge in [0, 0.05) is 7.11 Å². The summed E-state index contributed by atoms with van der Waals surface area (Å²) in [4.78, 5) is 9.59. The molecule has 0 bridgehead atoms.